The minimum absolute atomic E-state index is 0.143. The number of benzene rings is 1. The molecule has 0 spiro atoms. The van der Waals surface area contributed by atoms with E-state index < -0.39 is 0 Å². The Hall–Kier alpha value is -1.75. The number of nitrogens with zero attached hydrogens (tertiary/aromatic N) is 2. The second-order valence-corrected chi connectivity index (χ2v) is 6.17. The summed E-state index contributed by atoms with van der Waals surface area (Å²) in [6.07, 6.45) is 0.375. The summed E-state index contributed by atoms with van der Waals surface area (Å²) in [5.74, 6) is 1.57. The van der Waals surface area contributed by atoms with Gasteiger partial charge in [-0.15, -0.1) is 0 Å². The second-order valence-electron chi connectivity index (χ2n) is 6.17. The molecule has 1 aromatic carbocycles. The van der Waals surface area contributed by atoms with Gasteiger partial charge in [-0.3, -0.25) is 9.69 Å². The normalized spacial score (nSPS) is 16.0. The Morgan fingerprint density at radius 2 is 2.00 bits per heavy atom. The van der Waals surface area contributed by atoms with Gasteiger partial charge in [0.2, 0.25) is 5.91 Å². The van der Waals surface area contributed by atoms with E-state index in [2.05, 4.69) is 18.7 Å². The summed E-state index contributed by atoms with van der Waals surface area (Å²) in [5.41, 5.74) is 0. The Bertz CT molecular complexity index is 483. The zero-order valence-corrected chi connectivity index (χ0v) is 13.5. The zero-order valence-electron chi connectivity index (χ0n) is 13.5. The van der Waals surface area contributed by atoms with Gasteiger partial charge in [0, 0.05) is 38.8 Å². The molecule has 1 fully saturated rings. The number of phenols is 1. The quantitative estimate of drug-likeness (QED) is 0.873. The minimum Gasteiger partial charge on any atom is -0.508 e. The number of carbonyl (C=O) groups is 1. The maximum Gasteiger partial charge on any atom is 0.226 e. The number of rotatable bonds is 6. The van der Waals surface area contributed by atoms with Gasteiger partial charge in [0.05, 0.1) is 13.0 Å². The monoisotopic (exact) mass is 306 g/mol. The summed E-state index contributed by atoms with van der Waals surface area (Å²) in [4.78, 5) is 16.5. The summed E-state index contributed by atoms with van der Waals surface area (Å²) in [6, 6.07) is 6.64. The zero-order chi connectivity index (χ0) is 15.9. The van der Waals surface area contributed by atoms with Gasteiger partial charge in [-0.2, -0.15) is 0 Å². The third-order valence-electron chi connectivity index (χ3n) is 3.75. The number of amides is 1. The summed E-state index contributed by atoms with van der Waals surface area (Å²) in [5, 5.41) is 9.35. The number of phenolic OH excluding ortho intramolecular Hbond substituents is 1. The summed E-state index contributed by atoms with van der Waals surface area (Å²) >= 11 is 0. The van der Waals surface area contributed by atoms with Gasteiger partial charge in [-0.25, -0.2) is 0 Å². The highest BCUT2D eigenvalue weighted by molar-refractivity contribution is 5.76. The molecule has 1 aliphatic heterocycles. The number of piperazine rings is 1. The Morgan fingerprint density at radius 1 is 1.27 bits per heavy atom. The number of carbonyl (C=O) groups excluding carboxylic acids is 1. The highest BCUT2D eigenvalue weighted by atomic mass is 16.5. The Kier molecular flexibility index (Phi) is 6.07. The highest BCUT2D eigenvalue weighted by Gasteiger charge is 2.21. The predicted molar refractivity (Wildman–Crippen MR) is 86.1 cm³/mol. The van der Waals surface area contributed by atoms with Crippen molar-refractivity contribution >= 4 is 5.91 Å². The van der Waals surface area contributed by atoms with Crippen LogP contribution in [0.3, 0.4) is 0 Å². The summed E-state index contributed by atoms with van der Waals surface area (Å²) in [6.45, 7) is 9.40. The van der Waals surface area contributed by atoms with E-state index >= 15 is 0 Å². The van der Waals surface area contributed by atoms with Gasteiger partial charge < -0.3 is 14.7 Å². The van der Waals surface area contributed by atoms with Crippen molar-refractivity contribution in [2.75, 3.05) is 39.3 Å². The van der Waals surface area contributed by atoms with E-state index in [0.29, 0.717) is 24.7 Å². The molecular formula is C17H26N2O3. The number of ether oxygens (including phenoxy) is 1. The first-order valence-corrected chi connectivity index (χ1v) is 7.96. The molecule has 0 aliphatic carbocycles. The lowest BCUT2D eigenvalue weighted by Crippen LogP contribution is -2.49. The van der Waals surface area contributed by atoms with Gasteiger partial charge in [-0.1, -0.05) is 19.9 Å². The largest absolute Gasteiger partial charge is 0.508 e. The number of hydrogen-bond donors (Lipinski definition) is 1. The molecule has 2 rings (SSSR count). The van der Waals surface area contributed by atoms with Crippen LogP contribution in [0.5, 0.6) is 11.5 Å². The summed E-state index contributed by atoms with van der Waals surface area (Å²) < 4.78 is 5.50. The standard InChI is InChI=1S/C17H26N2O3/c1-14(2)13-18-7-9-19(10-8-18)17(21)6-11-22-16-5-3-4-15(20)12-16/h3-5,12,14,20H,6-11,13H2,1-2H3. The topological polar surface area (TPSA) is 53.0 Å². The fourth-order valence-electron chi connectivity index (χ4n) is 2.68. The van der Waals surface area contributed by atoms with Crippen molar-refractivity contribution in [3.63, 3.8) is 0 Å². The van der Waals surface area contributed by atoms with Crippen molar-refractivity contribution in [3.05, 3.63) is 24.3 Å². The summed E-state index contributed by atoms with van der Waals surface area (Å²) in [7, 11) is 0. The van der Waals surface area contributed by atoms with Crippen LogP contribution in [-0.4, -0.2) is 60.1 Å². The van der Waals surface area contributed by atoms with E-state index in [0.717, 1.165) is 32.7 Å². The molecule has 0 saturated carbocycles. The minimum atomic E-state index is 0.143. The fourth-order valence-corrected chi connectivity index (χ4v) is 2.68. The van der Waals surface area contributed by atoms with E-state index in [1.807, 2.05) is 4.90 Å². The SMILES string of the molecule is CC(C)CN1CCN(C(=O)CCOc2cccc(O)c2)CC1. The Labute approximate surface area is 132 Å². The number of hydrogen-bond acceptors (Lipinski definition) is 4. The third-order valence-corrected chi connectivity index (χ3v) is 3.75. The van der Waals surface area contributed by atoms with Crippen molar-refractivity contribution in [2.45, 2.75) is 20.3 Å². The first-order valence-electron chi connectivity index (χ1n) is 7.96. The van der Waals surface area contributed by atoms with Crippen molar-refractivity contribution in [1.82, 2.24) is 9.80 Å². The molecule has 5 nitrogen and oxygen atoms in total. The van der Waals surface area contributed by atoms with Gasteiger partial charge >= 0.3 is 0 Å². The van der Waals surface area contributed by atoms with Crippen LogP contribution in [0.25, 0.3) is 0 Å². The van der Waals surface area contributed by atoms with E-state index in [-0.39, 0.29) is 11.7 Å². The van der Waals surface area contributed by atoms with Gasteiger partial charge in [0.1, 0.15) is 11.5 Å². The molecule has 0 bridgehead atoms. The van der Waals surface area contributed by atoms with Crippen LogP contribution >= 0.6 is 0 Å². The van der Waals surface area contributed by atoms with Crippen LogP contribution in [0.1, 0.15) is 20.3 Å². The fraction of sp³-hybridized carbons (Fsp3) is 0.588. The third kappa shape index (κ3) is 5.22. The molecule has 122 valence electrons. The molecular weight excluding hydrogens is 280 g/mol. The molecule has 0 radical (unpaired) electrons. The molecule has 22 heavy (non-hydrogen) atoms. The molecule has 1 N–H and O–H groups in total. The first-order chi connectivity index (χ1) is 10.5. The second kappa shape index (κ2) is 8.03. The average molecular weight is 306 g/mol. The highest BCUT2D eigenvalue weighted by Crippen LogP contribution is 2.17. The predicted octanol–water partition coefficient (Wildman–Crippen LogP) is 1.96. The van der Waals surface area contributed by atoms with Gasteiger partial charge in [0.25, 0.3) is 0 Å². The van der Waals surface area contributed by atoms with E-state index in [1.54, 1.807) is 24.3 Å². The van der Waals surface area contributed by atoms with Crippen LogP contribution in [-0.2, 0) is 4.79 Å². The van der Waals surface area contributed by atoms with Gasteiger partial charge in [-0.05, 0) is 18.1 Å². The Balaban J connectivity index is 1.68. The van der Waals surface area contributed by atoms with Crippen LogP contribution in [0.4, 0.5) is 0 Å². The molecule has 1 aromatic rings. The van der Waals surface area contributed by atoms with Crippen LogP contribution in [0, 0.1) is 5.92 Å². The number of aromatic hydroxyl groups is 1. The van der Waals surface area contributed by atoms with Crippen LogP contribution in [0.15, 0.2) is 24.3 Å². The molecule has 1 saturated heterocycles. The molecule has 0 atom stereocenters. The lowest BCUT2D eigenvalue weighted by Gasteiger charge is -2.35. The molecule has 1 aliphatic rings. The van der Waals surface area contributed by atoms with Gasteiger partial charge in [0.15, 0.2) is 0 Å². The smallest absolute Gasteiger partial charge is 0.226 e. The van der Waals surface area contributed by atoms with Crippen molar-refractivity contribution in [1.29, 1.82) is 0 Å². The van der Waals surface area contributed by atoms with Crippen molar-refractivity contribution in [3.8, 4) is 11.5 Å². The molecule has 5 heteroatoms. The van der Waals surface area contributed by atoms with Crippen molar-refractivity contribution in [2.24, 2.45) is 5.92 Å². The molecule has 0 unspecified atom stereocenters. The van der Waals surface area contributed by atoms with Crippen LogP contribution in [0.2, 0.25) is 0 Å². The maximum atomic E-state index is 12.2. The lowest BCUT2D eigenvalue weighted by atomic mass is 10.2. The first kappa shape index (κ1) is 16.6. The van der Waals surface area contributed by atoms with E-state index in [9.17, 15) is 9.90 Å². The van der Waals surface area contributed by atoms with E-state index in [1.165, 1.54) is 0 Å². The average Bonchev–Trinajstić information content (AvgIpc) is 2.47. The Morgan fingerprint density at radius 3 is 2.64 bits per heavy atom. The molecule has 1 amide bonds. The molecule has 0 aromatic heterocycles. The maximum absolute atomic E-state index is 12.2. The van der Waals surface area contributed by atoms with Crippen LogP contribution < -0.4 is 4.74 Å². The molecule has 1 heterocycles. The van der Waals surface area contributed by atoms with E-state index in [4.69, 9.17) is 4.74 Å². The van der Waals surface area contributed by atoms with Crippen molar-refractivity contribution < 1.29 is 14.6 Å². The lowest BCUT2D eigenvalue weighted by molar-refractivity contribution is -0.133.